The zero-order valence-corrected chi connectivity index (χ0v) is 26.6. The number of aliphatic carboxylic acids is 1. The van der Waals surface area contributed by atoms with Crippen molar-refractivity contribution in [2.24, 2.45) is 0 Å². The van der Waals surface area contributed by atoms with Crippen LogP contribution in [0.25, 0.3) is 0 Å². The lowest BCUT2D eigenvalue weighted by Gasteiger charge is -2.19. The molecule has 0 heterocycles. The van der Waals surface area contributed by atoms with Crippen molar-refractivity contribution in [2.45, 2.75) is 65.5 Å². The van der Waals surface area contributed by atoms with Crippen molar-refractivity contribution in [3.05, 3.63) is 130 Å². The Labute approximate surface area is 266 Å². The van der Waals surface area contributed by atoms with Crippen LogP contribution >= 0.6 is 0 Å². The minimum atomic E-state index is -1.02. The molecule has 0 radical (unpaired) electrons. The summed E-state index contributed by atoms with van der Waals surface area (Å²) in [6, 6.07) is 29.4. The lowest BCUT2D eigenvalue weighted by Crippen LogP contribution is -2.19. The summed E-state index contributed by atoms with van der Waals surface area (Å²) < 4.78 is 5.21. The average Bonchev–Trinajstić information content (AvgIpc) is 3.03. The topological polar surface area (TPSA) is 87.7 Å². The second kappa shape index (κ2) is 15.7. The Hall–Kier alpha value is -4.86. The maximum atomic E-state index is 13.6. The molecule has 4 aromatic rings. The molecule has 0 aromatic heterocycles. The highest BCUT2D eigenvalue weighted by Crippen LogP contribution is 2.24. The molecule has 1 amide bonds. The van der Waals surface area contributed by atoms with E-state index in [1.165, 1.54) is 24.0 Å². The van der Waals surface area contributed by atoms with Crippen LogP contribution in [0.2, 0.25) is 0 Å². The molecule has 0 aliphatic rings. The summed E-state index contributed by atoms with van der Waals surface area (Å²) >= 11 is 0. The molecule has 0 atom stereocenters. The Kier molecular flexibility index (Phi) is 11.6. The van der Waals surface area contributed by atoms with Gasteiger partial charge in [0.2, 0.25) is 0 Å². The zero-order chi connectivity index (χ0) is 32.2. The summed E-state index contributed by atoms with van der Waals surface area (Å²) in [5, 5.41) is 15.3. The molecular weight excluding hydrogens is 560 g/mol. The van der Waals surface area contributed by atoms with E-state index in [4.69, 9.17) is 9.84 Å². The summed E-state index contributed by atoms with van der Waals surface area (Å²) in [5.41, 5.74) is 7.38. The van der Waals surface area contributed by atoms with Crippen LogP contribution in [-0.2, 0) is 29.7 Å². The van der Waals surface area contributed by atoms with Gasteiger partial charge in [-0.2, -0.15) is 0 Å². The second-order valence-electron chi connectivity index (χ2n) is 12.1. The molecule has 4 rings (SSSR count). The zero-order valence-electron chi connectivity index (χ0n) is 26.6. The molecular formula is C39H42N2O4. The van der Waals surface area contributed by atoms with Gasteiger partial charge >= 0.3 is 5.97 Å². The highest BCUT2D eigenvalue weighted by Gasteiger charge is 2.15. The second-order valence-corrected chi connectivity index (χ2v) is 12.1. The van der Waals surface area contributed by atoms with Gasteiger partial charge in [0.25, 0.3) is 5.91 Å². The molecule has 0 unspecified atom stereocenters. The standard InChI is InChI=1S/C39H42N2O4/c1-5-6-7-28-8-10-29(11-9-28)12-13-30-14-17-32(26-40-25-31-15-22-35(23-16-31)45-27-37(42)43)36(24-30)38(44)41-34-20-18-33(19-21-34)39(2,3)4/h8-11,14-24,40H,5-7,25-27H2,1-4H3,(H,41,44)(H,42,43). The Balaban J connectivity index is 1.50. The molecule has 232 valence electrons. The number of aryl methyl sites for hydroxylation is 1. The summed E-state index contributed by atoms with van der Waals surface area (Å²) in [4.78, 5) is 24.3. The predicted octanol–water partition coefficient (Wildman–Crippen LogP) is 7.73. The van der Waals surface area contributed by atoms with Crippen molar-refractivity contribution in [3.63, 3.8) is 0 Å². The van der Waals surface area contributed by atoms with Crippen LogP contribution in [0.4, 0.5) is 5.69 Å². The fourth-order valence-electron chi connectivity index (χ4n) is 4.74. The van der Waals surface area contributed by atoms with E-state index in [-0.39, 0.29) is 17.9 Å². The quantitative estimate of drug-likeness (QED) is 0.145. The molecule has 0 aliphatic heterocycles. The third-order valence-corrected chi connectivity index (χ3v) is 7.42. The van der Waals surface area contributed by atoms with Crippen molar-refractivity contribution < 1.29 is 19.4 Å². The molecule has 0 saturated heterocycles. The third kappa shape index (κ3) is 10.4. The van der Waals surface area contributed by atoms with E-state index >= 15 is 0 Å². The van der Waals surface area contributed by atoms with Crippen LogP contribution in [0.1, 0.15) is 84.3 Å². The summed E-state index contributed by atoms with van der Waals surface area (Å²) in [6.45, 7) is 9.33. The number of ether oxygens (including phenoxy) is 1. The smallest absolute Gasteiger partial charge is 0.341 e. The van der Waals surface area contributed by atoms with Gasteiger partial charge in [-0.1, -0.05) is 88.4 Å². The van der Waals surface area contributed by atoms with Crippen molar-refractivity contribution >= 4 is 17.6 Å². The lowest BCUT2D eigenvalue weighted by atomic mass is 9.87. The number of carboxylic acid groups (broad SMARTS) is 1. The van der Waals surface area contributed by atoms with E-state index < -0.39 is 5.97 Å². The van der Waals surface area contributed by atoms with Gasteiger partial charge in [-0.3, -0.25) is 4.79 Å². The number of carboxylic acids is 1. The molecule has 0 spiro atoms. The molecule has 0 bridgehead atoms. The molecule has 0 aliphatic carbocycles. The minimum absolute atomic E-state index is 0.0238. The minimum Gasteiger partial charge on any atom is -0.482 e. The summed E-state index contributed by atoms with van der Waals surface area (Å²) in [5.74, 6) is 5.77. The third-order valence-electron chi connectivity index (χ3n) is 7.42. The summed E-state index contributed by atoms with van der Waals surface area (Å²) in [7, 11) is 0. The molecule has 0 fully saturated rings. The predicted molar refractivity (Wildman–Crippen MR) is 181 cm³/mol. The number of amides is 1. The SMILES string of the molecule is CCCCc1ccc(C#Cc2ccc(CNCc3ccc(OCC(=O)O)cc3)c(C(=O)Nc3ccc(C(C)(C)C)cc3)c2)cc1. The summed E-state index contributed by atoms with van der Waals surface area (Å²) in [6.07, 6.45) is 3.42. The van der Waals surface area contributed by atoms with Crippen LogP contribution in [0, 0.1) is 11.8 Å². The van der Waals surface area contributed by atoms with Crippen molar-refractivity contribution in [2.75, 3.05) is 11.9 Å². The van der Waals surface area contributed by atoms with E-state index in [9.17, 15) is 9.59 Å². The fraction of sp³-hybridized carbons (Fsp3) is 0.282. The van der Waals surface area contributed by atoms with Crippen LogP contribution < -0.4 is 15.4 Å². The van der Waals surface area contributed by atoms with Crippen molar-refractivity contribution in [1.29, 1.82) is 0 Å². The molecule has 3 N–H and O–H groups in total. The number of benzene rings is 4. The number of carbonyl (C=O) groups is 2. The van der Waals surface area contributed by atoms with Crippen molar-refractivity contribution in [1.82, 2.24) is 5.32 Å². The van der Waals surface area contributed by atoms with Crippen LogP contribution in [-0.4, -0.2) is 23.6 Å². The Morgan fingerprint density at radius 1 is 0.800 bits per heavy atom. The lowest BCUT2D eigenvalue weighted by molar-refractivity contribution is -0.139. The fourth-order valence-corrected chi connectivity index (χ4v) is 4.74. The number of anilines is 1. The number of hydrogen-bond acceptors (Lipinski definition) is 4. The van der Waals surface area contributed by atoms with Gasteiger partial charge in [-0.15, -0.1) is 0 Å². The van der Waals surface area contributed by atoms with Gasteiger partial charge in [-0.25, -0.2) is 4.79 Å². The first kappa shape index (κ1) is 33.0. The van der Waals surface area contributed by atoms with Gasteiger partial charge in [0.15, 0.2) is 6.61 Å². The first-order valence-corrected chi connectivity index (χ1v) is 15.4. The van der Waals surface area contributed by atoms with Crippen LogP contribution in [0.15, 0.2) is 91.0 Å². The van der Waals surface area contributed by atoms with Gasteiger partial charge in [0.05, 0.1) is 0 Å². The van der Waals surface area contributed by atoms with Gasteiger partial charge < -0.3 is 20.5 Å². The van der Waals surface area contributed by atoms with Crippen LogP contribution in [0.5, 0.6) is 5.75 Å². The number of hydrogen-bond donors (Lipinski definition) is 3. The highest BCUT2D eigenvalue weighted by molar-refractivity contribution is 6.05. The van der Waals surface area contributed by atoms with Gasteiger partial charge in [0.1, 0.15) is 5.75 Å². The maximum absolute atomic E-state index is 13.6. The van der Waals surface area contributed by atoms with E-state index in [0.717, 1.165) is 34.4 Å². The van der Waals surface area contributed by atoms with Crippen LogP contribution in [0.3, 0.4) is 0 Å². The number of rotatable bonds is 12. The first-order chi connectivity index (χ1) is 21.6. The monoisotopic (exact) mass is 602 g/mol. The number of carbonyl (C=O) groups excluding carboxylic acids is 1. The normalized spacial score (nSPS) is 10.9. The van der Waals surface area contributed by atoms with Gasteiger partial charge in [-0.05, 0) is 89.0 Å². The van der Waals surface area contributed by atoms with E-state index in [0.29, 0.717) is 24.4 Å². The van der Waals surface area contributed by atoms with E-state index in [2.05, 4.69) is 74.4 Å². The Morgan fingerprint density at radius 3 is 2.09 bits per heavy atom. The van der Waals surface area contributed by atoms with Crippen molar-refractivity contribution in [3.8, 4) is 17.6 Å². The van der Waals surface area contributed by atoms with E-state index in [1.807, 2.05) is 54.6 Å². The molecule has 45 heavy (non-hydrogen) atoms. The molecule has 0 saturated carbocycles. The molecule has 4 aromatic carbocycles. The van der Waals surface area contributed by atoms with E-state index in [1.54, 1.807) is 12.1 Å². The Morgan fingerprint density at radius 2 is 1.44 bits per heavy atom. The largest absolute Gasteiger partial charge is 0.482 e. The Bertz CT molecular complexity index is 1640. The highest BCUT2D eigenvalue weighted by atomic mass is 16.5. The van der Waals surface area contributed by atoms with Gasteiger partial charge in [0, 0.05) is 35.5 Å². The first-order valence-electron chi connectivity index (χ1n) is 15.4. The molecule has 6 nitrogen and oxygen atoms in total. The average molecular weight is 603 g/mol. The molecule has 6 heteroatoms. The maximum Gasteiger partial charge on any atom is 0.341 e. The number of unbranched alkanes of at least 4 members (excludes halogenated alkanes) is 1. The number of nitrogens with one attached hydrogen (secondary N) is 2.